The van der Waals surface area contributed by atoms with Crippen LogP contribution in [0.3, 0.4) is 0 Å². The van der Waals surface area contributed by atoms with Crippen LogP contribution in [0.15, 0.2) is 71.7 Å². The van der Waals surface area contributed by atoms with E-state index in [0.29, 0.717) is 11.6 Å². The van der Waals surface area contributed by atoms with E-state index >= 15 is 0 Å². The van der Waals surface area contributed by atoms with Gasteiger partial charge < -0.3 is 0 Å². The van der Waals surface area contributed by atoms with Gasteiger partial charge in [0.15, 0.2) is 11.0 Å². The van der Waals surface area contributed by atoms with Gasteiger partial charge in [0.2, 0.25) is 0 Å². The third-order valence-electron chi connectivity index (χ3n) is 4.31. The lowest BCUT2D eigenvalue weighted by Gasteiger charge is -2.08. The Bertz CT molecular complexity index is 1150. The van der Waals surface area contributed by atoms with Gasteiger partial charge in [0.05, 0.1) is 10.7 Å². The molecule has 4 aromatic rings. The molecule has 7 heteroatoms. The van der Waals surface area contributed by atoms with E-state index in [0.717, 1.165) is 38.6 Å². The summed E-state index contributed by atoms with van der Waals surface area (Å²) in [5, 5.41) is 13.4. The molecule has 4 rings (SSSR count). The molecule has 0 atom stereocenters. The number of aromatic nitrogens is 4. The molecule has 0 saturated heterocycles. The largest absolute Gasteiger partial charge is 0.298 e. The molecule has 0 radical (unpaired) electrons. The van der Waals surface area contributed by atoms with E-state index in [-0.39, 0.29) is 0 Å². The van der Waals surface area contributed by atoms with Crippen molar-refractivity contribution in [2.45, 2.75) is 24.4 Å². The van der Waals surface area contributed by atoms with Gasteiger partial charge in [-0.15, -0.1) is 28.1 Å². The summed E-state index contributed by atoms with van der Waals surface area (Å²) in [7, 11) is 0. The molecular formula is C22H19ClN4S2. The lowest BCUT2D eigenvalue weighted by atomic mass is 10.1. The summed E-state index contributed by atoms with van der Waals surface area (Å²) in [6.07, 6.45) is 1.84. The molecule has 0 aliphatic carbocycles. The van der Waals surface area contributed by atoms with Crippen molar-refractivity contribution in [2.24, 2.45) is 0 Å². The summed E-state index contributed by atoms with van der Waals surface area (Å²) in [6, 6.07) is 16.1. The van der Waals surface area contributed by atoms with Crippen LogP contribution in [0, 0.1) is 6.92 Å². The number of aryl methyl sites for hydroxylation is 1. The van der Waals surface area contributed by atoms with Gasteiger partial charge >= 0.3 is 0 Å². The maximum Gasteiger partial charge on any atom is 0.192 e. The molecular weight excluding hydrogens is 420 g/mol. The molecule has 0 aliphatic heterocycles. The molecule has 29 heavy (non-hydrogen) atoms. The molecule has 2 aromatic carbocycles. The second-order valence-corrected chi connectivity index (χ2v) is 8.70. The van der Waals surface area contributed by atoms with Crippen LogP contribution in [0.25, 0.3) is 22.0 Å². The zero-order valence-corrected chi connectivity index (χ0v) is 18.3. The minimum atomic E-state index is 0.613. The first-order valence-corrected chi connectivity index (χ1v) is 11.3. The van der Waals surface area contributed by atoms with Crippen LogP contribution in [0.1, 0.15) is 11.3 Å². The number of thioether (sulfide) groups is 1. The SMILES string of the molecule is C=CCn1c(SCc2csc(-c3cccc(C)c3)n2)nnc1-c1ccccc1Cl. The van der Waals surface area contributed by atoms with E-state index in [1.54, 1.807) is 23.1 Å². The molecule has 0 aliphatic rings. The number of rotatable bonds is 7. The Morgan fingerprint density at radius 2 is 2.03 bits per heavy atom. The zero-order chi connectivity index (χ0) is 20.2. The van der Waals surface area contributed by atoms with Crippen LogP contribution in [0.4, 0.5) is 0 Å². The highest BCUT2D eigenvalue weighted by Crippen LogP contribution is 2.31. The van der Waals surface area contributed by atoms with Crippen LogP contribution in [-0.2, 0) is 12.3 Å². The summed E-state index contributed by atoms with van der Waals surface area (Å²) in [5.41, 5.74) is 4.29. The van der Waals surface area contributed by atoms with Gasteiger partial charge in [0, 0.05) is 28.8 Å². The third-order valence-corrected chi connectivity index (χ3v) is 6.58. The number of hydrogen-bond acceptors (Lipinski definition) is 5. The number of benzene rings is 2. The van der Waals surface area contributed by atoms with Crippen LogP contribution < -0.4 is 0 Å². The van der Waals surface area contributed by atoms with Crippen molar-refractivity contribution in [3.05, 3.63) is 82.8 Å². The number of allylic oxidation sites excluding steroid dienone is 1. The Kier molecular flexibility index (Phi) is 6.13. The summed E-state index contributed by atoms with van der Waals surface area (Å²) in [5.74, 6) is 1.47. The fraction of sp³-hybridized carbons (Fsp3) is 0.136. The molecule has 0 saturated carbocycles. The van der Waals surface area contributed by atoms with Crippen molar-refractivity contribution in [3.63, 3.8) is 0 Å². The van der Waals surface area contributed by atoms with Crippen molar-refractivity contribution in [1.29, 1.82) is 0 Å². The second-order valence-electron chi connectivity index (χ2n) is 6.49. The van der Waals surface area contributed by atoms with Gasteiger partial charge in [0.1, 0.15) is 5.01 Å². The Hall–Kier alpha value is -2.41. The maximum absolute atomic E-state index is 6.36. The van der Waals surface area contributed by atoms with E-state index in [9.17, 15) is 0 Å². The van der Waals surface area contributed by atoms with Gasteiger partial charge in [-0.05, 0) is 25.1 Å². The van der Waals surface area contributed by atoms with Crippen molar-refractivity contribution < 1.29 is 0 Å². The first kappa shape index (κ1) is 19.9. The topological polar surface area (TPSA) is 43.6 Å². The maximum atomic E-state index is 6.36. The summed E-state index contributed by atoms with van der Waals surface area (Å²) >= 11 is 9.64. The lowest BCUT2D eigenvalue weighted by Crippen LogP contribution is -2.01. The van der Waals surface area contributed by atoms with Crippen molar-refractivity contribution in [1.82, 2.24) is 19.7 Å². The normalized spacial score (nSPS) is 11.0. The first-order chi connectivity index (χ1) is 14.2. The average Bonchev–Trinajstić information content (AvgIpc) is 3.35. The molecule has 0 N–H and O–H groups in total. The van der Waals surface area contributed by atoms with Crippen molar-refractivity contribution in [2.75, 3.05) is 0 Å². The van der Waals surface area contributed by atoms with E-state index in [1.807, 2.05) is 34.9 Å². The minimum Gasteiger partial charge on any atom is -0.298 e. The van der Waals surface area contributed by atoms with Crippen molar-refractivity contribution >= 4 is 34.7 Å². The zero-order valence-electron chi connectivity index (χ0n) is 15.9. The Labute approximate surface area is 183 Å². The standard InChI is InChI=1S/C22H19ClN4S2/c1-3-11-27-20(18-9-4-5-10-19(18)23)25-26-22(27)29-14-17-13-28-21(24-17)16-8-6-7-15(2)12-16/h3-10,12-13H,1,11,14H2,2H3. The number of hydrogen-bond donors (Lipinski definition) is 0. The predicted octanol–water partition coefficient (Wildman–Crippen LogP) is 6.51. The summed E-state index contributed by atoms with van der Waals surface area (Å²) in [4.78, 5) is 4.79. The van der Waals surface area contributed by atoms with E-state index in [2.05, 4.69) is 53.3 Å². The smallest absolute Gasteiger partial charge is 0.192 e. The highest BCUT2D eigenvalue weighted by atomic mass is 35.5. The molecule has 4 nitrogen and oxygen atoms in total. The van der Waals surface area contributed by atoms with E-state index in [4.69, 9.17) is 16.6 Å². The van der Waals surface area contributed by atoms with Crippen LogP contribution >= 0.6 is 34.7 Å². The Balaban J connectivity index is 1.55. The highest BCUT2D eigenvalue weighted by Gasteiger charge is 2.16. The number of nitrogens with zero attached hydrogens (tertiary/aromatic N) is 4. The molecule has 2 aromatic heterocycles. The second kappa shape index (κ2) is 8.95. The van der Waals surface area contributed by atoms with E-state index < -0.39 is 0 Å². The highest BCUT2D eigenvalue weighted by molar-refractivity contribution is 7.98. The minimum absolute atomic E-state index is 0.613. The molecule has 0 bridgehead atoms. The Morgan fingerprint density at radius 1 is 1.17 bits per heavy atom. The van der Waals surface area contributed by atoms with Gasteiger partial charge in [0.25, 0.3) is 0 Å². The van der Waals surface area contributed by atoms with Gasteiger partial charge in [-0.25, -0.2) is 4.98 Å². The molecule has 0 amide bonds. The van der Waals surface area contributed by atoms with Gasteiger partial charge in [-0.1, -0.05) is 65.3 Å². The van der Waals surface area contributed by atoms with Crippen LogP contribution in [0.5, 0.6) is 0 Å². The molecule has 0 fully saturated rings. The van der Waals surface area contributed by atoms with Crippen LogP contribution in [0.2, 0.25) is 5.02 Å². The fourth-order valence-corrected chi connectivity index (χ4v) is 4.94. The molecule has 0 spiro atoms. The number of thiazole rings is 1. The Morgan fingerprint density at radius 3 is 2.83 bits per heavy atom. The first-order valence-electron chi connectivity index (χ1n) is 9.09. The molecule has 2 heterocycles. The third kappa shape index (κ3) is 4.45. The molecule has 146 valence electrons. The summed E-state index contributed by atoms with van der Waals surface area (Å²) < 4.78 is 2.03. The molecule has 0 unspecified atom stereocenters. The predicted molar refractivity (Wildman–Crippen MR) is 123 cm³/mol. The van der Waals surface area contributed by atoms with Gasteiger partial charge in [-0.3, -0.25) is 4.57 Å². The van der Waals surface area contributed by atoms with Crippen molar-refractivity contribution in [3.8, 4) is 22.0 Å². The van der Waals surface area contributed by atoms with E-state index in [1.165, 1.54) is 5.56 Å². The van der Waals surface area contributed by atoms with Gasteiger partial charge in [-0.2, -0.15) is 0 Å². The average molecular weight is 439 g/mol. The summed E-state index contributed by atoms with van der Waals surface area (Å²) in [6.45, 7) is 6.57. The van der Waals surface area contributed by atoms with Crippen LogP contribution in [-0.4, -0.2) is 19.7 Å². The fourth-order valence-electron chi connectivity index (χ4n) is 2.95. The number of halogens is 1. The monoisotopic (exact) mass is 438 g/mol. The lowest BCUT2D eigenvalue weighted by molar-refractivity contribution is 0.731. The quantitative estimate of drug-likeness (QED) is 0.243.